The minimum Gasteiger partial charge on any atom is -0.493 e. The van der Waals surface area contributed by atoms with Crippen molar-refractivity contribution in [1.82, 2.24) is 4.57 Å². The van der Waals surface area contributed by atoms with E-state index in [-0.39, 0.29) is 0 Å². The molecule has 0 unspecified atom stereocenters. The van der Waals surface area contributed by atoms with Gasteiger partial charge in [-0.15, -0.1) is 0 Å². The summed E-state index contributed by atoms with van der Waals surface area (Å²) >= 11 is 0. The van der Waals surface area contributed by atoms with Gasteiger partial charge in [-0.2, -0.15) is 0 Å². The number of rotatable bonds is 2. The Morgan fingerprint density at radius 3 is 2.57 bits per heavy atom. The van der Waals surface area contributed by atoms with Crippen LogP contribution in [0.1, 0.15) is 5.56 Å². The molecule has 0 atom stereocenters. The third-order valence-corrected chi connectivity index (χ3v) is 3.88. The Morgan fingerprint density at radius 2 is 1.76 bits per heavy atom. The molecule has 0 amide bonds. The molecule has 0 radical (unpaired) electrons. The van der Waals surface area contributed by atoms with Gasteiger partial charge in [0.25, 0.3) is 0 Å². The molecule has 2 heterocycles. The van der Waals surface area contributed by atoms with Crippen LogP contribution in [0, 0.1) is 0 Å². The van der Waals surface area contributed by atoms with Crippen LogP contribution in [-0.2, 0) is 6.54 Å². The Hall–Kier alpha value is -2.62. The minimum atomic E-state index is 0.681. The first-order valence-electron chi connectivity index (χ1n) is 6.81. The van der Waals surface area contributed by atoms with Gasteiger partial charge in [-0.1, -0.05) is 18.2 Å². The van der Waals surface area contributed by atoms with Gasteiger partial charge in [-0.25, -0.2) is 0 Å². The van der Waals surface area contributed by atoms with Gasteiger partial charge in [0.05, 0.1) is 26.3 Å². The molecule has 2 aromatic carbocycles. The van der Waals surface area contributed by atoms with Crippen molar-refractivity contribution in [2.75, 3.05) is 14.2 Å². The third kappa shape index (κ3) is 1.76. The van der Waals surface area contributed by atoms with Crippen LogP contribution >= 0.6 is 0 Å². The van der Waals surface area contributed by atoms with E-state index >= 15 is 0 Å². The van der Waals surface area contributed by atoms with Crippen molar-refractivity contribution in [3.05, 3.63) is 48.0 Å². The van der Waals surface area contributed by atoms with Crippen LogP contribution in [0.4, 0.5) is 0 Å². The average Bonchev–Trinajstić information content (AvgIpc) is 2.88. The van der Waals surface area contributed by atoms with Gasteiger partial charge in [-0.3, -0.25) is 0 Å². The molecule has 0 fully saturated rings. The van der Waals surface area contributed by atoms with Gasteiger partial charge < -0.3 is 18.8 Å². The molecule has 1 aromatic heterocycles. The quantitative estimate of drug-likeness (QED) is 0.560. The van der Waals surface area contributed by atoms with Crippen LogP contribution in [0.25, 0.3) is 10.9 Å². The van der Waals surface area contributed by atoms with Crippen molar-refractivity contribution in [2.45, 2.75) is 6.54 Å². The van der Waals surface area contributed by atoms with Gasteiger partial charge in [0.1, 0.15) is 5.75 Å². The molecule has 0 N–H and O–H groups in total. The molecule has 0 spiro atoms. The normalized spacial score (nSPS) is 12.5. The Bertz CT molecular complexity index is 835. The average molecular weight is 281 g/mol. The highest BCUT2D eigenvalue weighted by molar-refractivity contribution is 5.83. The molecule has 0 saturated heterocycles. The van der Waals surface area contributed by atoms with Crippen LogP contribution < -0.4 is 14.2 Å². The molecule has 0 aliphatic carbocycles. The Labute approximate surface area is 122 Å². The first-order chi connectivity index (χ1) is 10.3. The molecule has 4 nitrogen and oxygen atoms in total. The second kappa shape index (κ2) is 4.45. The van der Waals surface area contributed by atoms with E-state index in [4.69, 9.17) is 14.2 Å². The molecule has 0 saturated carbocycles. The van der Waals surface area contributed by atoms with Crippen LogP contribution in [0.5, 0.6) is 23.1 Å². The van der Waals surface area contributed by atoms with E-state index in [2.05, 4.69) is 22.8 Å². The number of ether oxygens (including phenoxy) is 3. The van der Waals surface area contributed by atoms with E-state index in [1.54, 1.807) is 14.2 Å². The van der Waals surface area contributed by atoms with Crippen molar-refractivity contribution in [3.8, 4) is 23.1 Å². The standard InChI is InChI=1S/C17H15NO3/c1-19-15-7-12-10-18-13-6-4-3-5-11(13)8-17(18)21-14(12)9-16(15)20-2/h3-9H,10H2,1-2H3. The molecule has 1 aliphatic heterocycles. The van der Waals surface area contributed by atoms with Crippen molar-refractivity contribution >= 4 is 10.9 Å². The lowest BCUT2D eigenvalue weighted by atomic mass is 10.1. The maximum atomic E-state index is 6.03. The molecule has 106 valence electrons. The van der Waals surface area contributed by atoms with Crippen molar-refractivity contribution in [3.63, 3.8) is 0 Å². The molecular formula is C17H15NO3. The maximum Gasteiger partial charge on any atom is 0.201 e. The van der Waals surface area contributed by atoms with Crippen LogP contribution in [0.15, 0.2) is 42.5 Å². The number of benzene rings is 2. The maximum absolute atomic E-state index is 6.03. The summed E-state index contributed by atoms with van der Waals surface area (Å²) in [4.78, 5) is 0. The molecule has 3 aromatic rings. The van der Waals surface area contributed by atoms with E-state index in [0.717, 1.165) is 29.5 Å². The van der Waals surface area contributed by atoms with Crippen LogP contribution in [-0.4, -0.2) is 18.8 Å². The second-order valence-corrected chi connectivity index (χ2v) is 5.04. The van der Waals surface area contributed by atoms with Crippen molar-refractivity contribution in [1.29, 1.82) is 0 Å². The van der Waals surface area contributed by atoms with Crippen LogP contribution in [0.3, 0.4) is 0 Å². The van der Waals surface area contributed by atoms with Crippen molar-refractivity contribution in [2.24, 2.45) is 0 Å². The van der Waals surface area contributed by atoms with Gasteiger partial charge in [0, 0.05) is 23.1 Å². The van der Waals surface area contributed by atoms with Gasteiger partial charge in [0.2, 0.25) is 5.88 Å². The SMILES string of the molecule is COc1cc2c(cc1OC)Oc1cc3ccccc3n1C2. The predicted molar refractivity (Wildman–Crippen MR) is 80.7 cm³/mol. The Balaban J connectivity index is 1.87. The number of fused-ring (bicyclic) bond motifs is 4. The summed E-state index contributed by atoms with van der Waals surface area (Å²) in [7, 11) is 3.27. The summed E-state index contributed by atoms with van der Waals surface area (Å²) in [5, 5.41) is 1.18. The highest BCUT2D eigenvalue weighted by Crippen LogP contribution is 2.42. The van der Waals surface area contributed by atoms with Crippen molar-refractivity contribution < 1.29 is 14.2 Å². The highest BCUT2D eigenvalue weighted by Gasteiger charge is 2.21. The first-order valence-corrected chi connectivity index (χ1v) is 6.81. The van der Waals surface area contributed by atoms with Gasteiger partial charge in [0.15, 0.2) is 11.5 Å². The molecule has 4 rings (SSSR count). The molecule has 4 heteroatoms. The zero-order chi connectivity index (χ0) is 14.4. The molecule has 0 bridgehead atoms. The third-order valence-electron chi connectivity index (χ3n) is 3.88. The lowest BCUT2D eigenvalue weighted by Gasteiger charge is -2.22. The van der Waals surface area contributed by atoms with E-state index < -0.39 is 0 Å². The number of para-hydroxylation sites is 1. The largest absolute Gasteiger partial charge is 0.493 e. The lowest BCUT2D eigenvalue weighted by Crippen LogP contribution is -2.09. The van der Waals surface area contributed by atoms with E-state index in [9.17, 15) is 0 Å². The molecule has 1 aliphatic rings. The zero-order valence-electron chi connectivity index (χ0n) is 11.9. The smallest absolute Gasteiger partial charge is 0.201 e. The van der Waals surface area contributed by atoms with Gasteiger partial charge in [-0.05, 0) is 12.1 Å². The van der Waals surface area contributed by atoms with E-state index in [0.29, 0.717) is 5.75 Å². The fourth-order valence-corrected chi connectivity index (χ4v) is 2.84. The monoisotopic (exact) mass is 281 g/mol. The summed E-state index contributed by atoms with van der Waals surface area (Å²) in [6, 6.07) is 14.2. The topological polar surface area (TPSA) is 32.6 Å². The Morgan fingerprint density at radius 1 is 1.00 bits per heavy atom. The predicted octanol–water partition coefficient (Wildman–Crippen LogP) is 3.81. The molecular weight excluding hydrogens is 266 g/mol. The molecule has 21 heavy (non-hydrogen) atoms. The zero-order valence-corrected chi connectivity index (χ0v) is 11.9. The summed E-state index contributed by atoms with van der Waals surface area (Å²) < 4.78 is 18.9. The number of hydrogen-bond acceptors (Lipinski definition) is 3. The lowest BCUT2D eigenvalue weighted by molar-refractivity contribution is 0.346. The summed E-state index contributed by atoms with van der Waals surface area (Å²) in [6.45, 7) is 0.762. The summed E-state index contributed by atoms with van der Waals surface area (Å²) in [6.07, 6.45) is 0. The fraction of sp³-hybridized carbons (Fsp3) is 0.176. The number of hydrogen-bond donors (Lipinski definition) is 0. The summed E-state index contributed by atoms with van der Waals surface area (Å²) in [5.41, 5.74) is 2.26. The number of nitrogens with zero attached hydrogens (tertiary/aromatic N) is 1. The van der Waals surface area contributed by atoms with Gasteiger partial charge >= 0.3 is 0 Å². The minimum absolute atomic E-state index is 0.681. The fourth-order valence-electron chi connectivity index (χ4n) is 2.84. The van der Waals surface area contributed by atoms with E-state index in [1.165, 1.54) is 10.9 Å². The first kappa shape index (κ1) is 12.1. The number of aromatic nitrogens is 1. The second-order valence-electron chi connectivity index (χ2n) is 5.04. The summed E-state index contributed by atoms with van der Waals surface area (Å²) in [5.74, 6) is 3.08. The number of methoxy groups -OCH3 is 2. The Kier molecular flexibility index (Phi) is 2.57. The van der Waals surface area contributed by atoms with E-state index in [1.807, 2.05) is 24.3 Å². The highest BCUT2D eigenvalue weighted by atomic mass is 16.5. The van der Waals surface area contributed by atoms with Crippen LogP contribution in [0.2, 0.25) is 0 Å².